The van der Waals surface area contributed by atoms with Gasteiger partial charge in [0.25, 0.3) is 0 Å². The van der Waals surface area contributed by atoms with E-state index in [2.05, 4.69) is 4.72 Å². The molecule has 0 atom stereocenters. The molecule has 0 unspecified atom stereocenters. The van der Waals surface area contributed by atoms with Crippen LogP contribution in [0.5, 0.6) is 0 Å². The molecule has 0 bridgehead atoms. The molecule has 0 aliphatic carbocycles. The third-order valence-electron chi connectivity index (χ3n) is 3.15. The van der Waals surface area contributed by atoms with E-state index in [4.69, 9.17) is 5.73 Å². The molecular weight excluding hydrogens is 288 g/mol. The summed E-state index contributed by atoms with van der Waals surface area (Å²) in [7, 11) is -3.50. The molecule has 0 spiro atoms. The second-order valence-corrected chi connectivity index (χ2v) is 7.06. The second kappa shape index (κ2) is 8.26. The first kappa shape index (κ1) is 17.8. The standard InChI is InChI=1S/C15H24N2O3S/c1-12(2)15(18)13-6-8-14(9-7-13)21(19,20)17-11-5-3-4-10-16/h6-9,12,17H,3-5,10-11,16H2,1-2H3. The largest absolute Gasteiger partial charge is 0.330 e. The molecule has 3 N–H and O–H groups in total. The molecule has 0 aliphatic heterocycles. The number of carbonyl (C=O) groups is 1. The number of nitrogens with one attached hydrogen (secondary N) is 1. The fourth-order valence-corrected chi connectivity index (χ4v) is 2.94. The van der Waals surface area contributed by atoms with Crippen LogP contribution in [-0.4, -0.2) is 27.3 Å². The number of nitrogens with two attached hydrogens (primary N) is 1. The molecule has 21 heavy (non-hydrogen) atoms. The maximum Gasteiger partial charge on any atom is 0.240 e. The summed E-state index contributed by atoms with van der Waals surface area (Å²) in [5, 5.41) is 0. The molecule has 0 aromatic heterocycles. The lowest BCUT2D eigenvalue weighted by molar-refractivity contribution is 0.0939. The van der Waals surface area contributed by atoms with Crippen LogP contribution in [0.25, 0.3) is 0 Å². The Morgan fingerprint density at radius 2 is 1.76 bits per heavy atom. The maximum absolute atomic E-state index is 12.1. The van der Waals surface area contributed by atoms with Crippen LogP contribution in [0.15, 0.2) is 29.2 Å². The van der Waals surface area contributed by atoms with Gasteiger partial charge in [0.1, 0.15) is 0 Å². The molecular formula is C15H24N2O3S. The van der Waals surface area contributed by atoms with Crippen molar-refractivity contribution in [2.24, 2.45) is 11.7 Å². The lowest BCUT2D eigenvalue weighted by Crippen LogP contribution is -2.25. The quantitative estimate of drug-likeness (QED) is 0.538. The molecule has 0 saturated carbocycles. The number of hydrogen-bond acceptors (Lipinski definition) is 4. The molecule has 1 aromatic carbocycles. The average molecular weight is 312 g/mol. The molecule has 0 heterocycles. The first-order chi connectivity index (χ1) is 9.88. The van der Waals surface area contributed by atoms with Gasteiger partial charge in [-0.3, -0.25) is 4.79 Å². The Labute approximate surface area is 127 Å². The van der Waals surface area contributed by atoms with E-state index in [0.29, 0.717) is 18.7 Å². The van der Waals surface area contributed by atoms with Gasteiger partial charge in [0.2, 0.25) is 10.0 Å². The Kier molecular flexibility index (Phi) is 7.01. The fraction of sp³-hybridized carbons (Fsp3) is 0.533. The van der Waals surface area contributed by atoms with E-state index < -0.39 is 10.0 Å². The Morgan fingerprint density at radius 1 is 1.14 bits per heavy atom. The SMILES string of the molecule is CC(C)C(=O)c1ccc(S(=O)(=O)NCCCCCN)cc1. The summed E-state index contributed by atoms with van der Waals surface area (Å²) < 4.78 is 26.7. The predicted octanol–water partition coefficient (Wildman–Crippen LogP) is 1.93. The smallest absolute Gasteiger partial charge is 0.240 e. The second-order valence-electron chi connectivity index (χ2n) is 5.29. The van der Waals surface area contributed by atoms with Crippen molar-refractivity contribution in [3.8, 4) is 0 Å². The summed E-state index contributed by atoms with van der Waals surface area (Å²) in [6, 6.07) is 6.06. The van der Waals surface area contributed by atoms with E-state index in [1.54, 1.807) is 12.1 Å². The number of unbranched alkanes of at least 4 members (excludes halogenated alkanes) is 2. The minimum atomic E-state index is -3.50. The summed E-state index contributed by atoms with van der Waals surface area (Å²) in [4.78, 5) is 12.0. The minimum absolute atomic E-state index is 0.00805. The van der Waals surface area contributed by atoms with E-state index in [-0.39, 0.29) is 16.6 Å². The number of benzene rings is 1. The van der Waals surface area contributed by atoms with E-state index in [0.717, 1.165) is 19.3 Å². The zero-order valence-electron chi connectivity index (χ0n) is 12.6. The van der Waals surface area contributed by atoms with Crippen molar-refractivity contribution in [1.29, 1.82) is 0 Å². The highest BCUT2D eigenvalue weighted by molar-refractivity contribution is 7.89. The minimum Gasteiger partial charge on any atom is -0.330 e. The van der Waals surface area contributed by atoms with E-state index in [1.807, 2.05) is 13.8 Å². The summed E-state index contributed by atoms with van der Waals surface area (Å²) in [5.74, 6) is -0.0955. The summed E-state index contributed by atoms with van der Waals surface area (Å²) in [6.07, 6.45) is 2.56. The van der Waals surface area contributed by atoms with Crippen molar-refractivity contribution in [3.63, 3.8) is 0 Å². The van der Waals surface area contributed by atoms with Crippen LogP contribution in [0.3, 0.4) is 0 Å². The van der Waals surface area contributed by atoms with Crippen molar-refractivity contribution < 1.29 is 13.2 Å². The molecule has 1 aromatic rings. The number of carbonyl (C=O) groups excluding carboxylic acids is 1. The highest BCUT2D eigenvalue weighted by atomic mass is 32.2. The summed E-state index contributed by atoms with van der Waals surface area (Å²) >= 11 is 0. The first-order valence-corrected chi connectivity index (χ1v) is 8.71. The molecule has 0 saturated heterocycles. The highest BCUT2D eigenvalue weighted by Gasteiger charge is 2.15. The topological polar surface area (TPSA) is 89.3 Å². The van der Waals surface area contributed by atoms with Crippen LogP contribution in [0, 0.1) is 5.92 Å². The van der Waals surface area contributed by atoms with Gasteiger partial charge in [-0.1, -0.05) is 32.4 Å². The van der Waals surface area contributed by atoms with Crippen LogP contribution < -0.4 is 10.5 Å². The van der Waals surface area contributed by atoms with Gasteiger partial charge >= 0.3 is 0 Å². The normalized spacial score (nSPS) is 11.8. The van der Waals surface area contributed by atoms with Gasteiger partial charge in [0.05, 0.1) is 4.90 Å². The Bertz CT molecular complexity index is 551. The molecule has 5 nitrogen and oxygen atoms in total. The van der Waals surface area contributed by atoms with Crippen LogP contribution in [0.2, 0.25) is 0 Å². The molecule has 0 radical (unpaired) electrons. The van der Waals surface area contributed by atoms with Gasteiger partial charge in [-0.25, -0.2) is 13.1 Å². The van der Waals surface area contributed by atoms with Gasteiger partial charge in [0, 0.05) is 18.0 Å². The summed E-state index contributed by atoms with van der Waals surface area (Å²) in [5.41, 5.74) is 5.92. The Balaban J connectivity index is 2.65. The highest BCUT2D eigenvalue weighted by Crippen LogP contribution is 2.13. The molecule has 118 valence electrons. The van der Waals surface area contributed by atoms with Gasteiger partial charge in [-0.05, 0) is 31.5 Å². The third kappa shape index (κ3) is 5.57. The van der Waals surface area contributed by atoms with Crippen LogP contribution in [-0.2, 0) is 10.0 Å². The molecule has 0 amide bonds. The molecule has 1 rings (SSSR count). The van der Waals surface area contributed by atoms with Crippen molar-refractivity contribution in [2.75, 3.05) is 13.1 Å². The maximum atomic E-state index is 12.1. The first-order valence-electron chi connectivity index (χ1n) is 7.22. The van der Waals surface area contributed by atoms with Crippen molar-refractivity contribution >= 4 is 15.8 Å². The van der Waals surface area contributed by atoms with Gasteiger partial charge in [0.15, 0.2) is 5.78 Å². The number of Topliss-reactive ketones (excluding diaryl/α,β-unsaturated/α-hetero) is 1. The van der Waals surface area contributed by atoms with Gasteiger partial charge in [-0.2, -0.15) is 0 Å². The lowest BCUT2D eigenvalue weighted by Gasteiger charge is -2.08. The number of rotatable bonds is 9. The monoisotopic (exact) mass is 312 g/mol. The van der Waals surface area contributed by atoms with Crippen LogP contribution >= 0.6 is 0 Å². The molecule has 0 fully saturated rings. The summed E-state index contributed by atoms with van der Waals surface area (Å²) in [6.45, 7) is 4.65. The van der Waals surface area contributed by atoms with Crippen LogP contribution in [0.1, 0.15) is 43.5 Å². The van der Waals surface area contributed by atoms with Crippen molar-refractivity contribution in [1.82, 2.24) is 4.72 Å². The number of ketones is 1. The lowest BCUT2D eigenvalue weighted by atomic mass is 10.0. The number of sulfonamides is 1. The predicted molar refractivity (Wildman–Crippen MR) is 83.7 cm³/mol. The van der Waals surface area contributed by atoms with Gasteiger partial charge in [-0.15, -0.1) is 0 Å². The number of hydrogen-bond donors (Lipinski definition) is 2. The van der Waals surface area contributed by atoms with E-state index in [9.17, 15) is 13.2 Å². The molecule has 6 heteroatoms. The average Bonchev–Trinajstić information content (AvgIpc) is 2.46. The Morgan fingerprint density at radius 3 is 2.29 bits per heavy atom. The van der Waals surface area contributed by atoms with E-state index in [1.165, 1.54) is 12.1 Å². The third-order valence-corrected chi connectivity index (χ3v) is 4.62. The molecule has 0 aliphatic rings. The van der Waals surface area contributed by atoms with Crippen LogP contribution in [0.4, 0.5) is 0 Å². The fourth-order valence-electron chi connectivity index (χ4n) is 1.87. The zero-order valence-corrected chi connectivity index (χ0v) is 13.4. The van der Waals surface area contributed by atoms with E-state index >= 15 is 0 Å². The van der Waals surface area contributed by atoms with Crippen molar-refractivity contribution in [2.45, 2.75) is 38.0 Å². The zero-order chi connectivity index (χ0) is 15.9. The van der Waals surface area contributed by atoms with Gasteiger partial charge < -0.3 is 5.73 Å². The van der Waals surface area contributed by atoms with Crippen molar-refractivity contribution in [3.05, 3.63) is 29.8 Å². The Hall–Kier alpha value is -1.24.